The molecule has 0 aliphatic heterocycles. The molecule has 0 aromatic carbocycles. The lowest BCUT2D eigenvalue weighted by Gasteiger charge is -1.97. The van der Waals surface area contributed by atoms with Crippen LogP contribution in [0.5, 0.6) is 0 Å². The van der Waals surface area contributed by atoms with Gasteiger partial charge in [-0.15, -0.1) is 11.3 Å². The third-order valence-electron chi connectivity index (χ3n) is 1.72. The monoisotopic (exact) mass is 236 g/mol. The van der Waals surface area contributed by atoms with Crippen molar-refractivity contribution in [3.63, 3.8) is 0 Å². The summed E-state index contributed by atoms with van der Waals surface area (Å²) in [6.07, 6.45) is 0. The highest BCUT2D eigenvalue weighted by atomic mass is 32.1. The fourth-order valence-electron chi connectivity index (χ4n) is 1.06. The minimum Gasteiger partial charge on any atom is -0.355 e. The van der Waals surface area contributed by atoms with Gasteiger partial charge in [-0.1, -0.05) is 0 Å². The number of aromatic nitrogens is 2. The lowest BCUT2D eigenvalue weighted by atomic mass is 10.3. The summed E-state index contributed by atoms with van der Waals surface area (Å²) in [4.78, 5) is 5.31. The van der Waals surface area contributed by atoms with Crippen LogP contribution in [-0.2, 0) is 6.54 Å². The van der Waals surface area contributed by atoms with Crippen LogP contribution in [0, 0.1) is 18.3 Å². The van der Waals surface area contributed by atoms with Gasteiger partial charge in [0.05, 0.1) is 12.1 Å². The Kier molecular flexibility index (Phi) is 2.94. The third kappa shape index (κ3) is 2.52. The summed E-state index contributed by atoms with van der Waals surface area (Å²) in [6, 6.07) is 3.99. The van der Waals surface area contributed by atoms with Crippen LogP contribution in [0.2, 0.25) is 0 Å². The quantitative estimate of drug-likeness (QED) is 0.888. The van der Waals surface area contributed by atoms with Gasteiger partial charge in [-0.25, -0.2) is 4.98 Å². The highest BCUT2D eigenvalue weighted by Crippen LogP contribution is 2.17. The summed E-state index contributed by atoms with van der Waals surface area (Å²) in [7, 11) is 0. The van der Waals surface area contributed by atoms with Gasteiger partial charge in [0.15, 0.2) is 0 Å². The predicted molar refractivity (Wildman–Crippen MR) is 61.0 cm³/mol. The van der Waals surface area contributed by atoms with Crippen molar-refractivity contribution >= 4 is 28.0 Å². The Hall–Kier alpha value is -1.45. The number of hydrogen-bond donors (Lipinski definition) is 1. The summed E-state index contributed by atoms with van der Waals surface area (Å²) in [6.45, 7) is 2.56. The number of hydrogen-bond acceptors (Lipinski definition) is 6. The van der Waals surface area contributed by atoms with Gasteiger partial charge in [-0.2, -0.15) is 9.64 Å². The Labute approximate surface area is 95.4 Å². The fourth-order valence-corrected chi connectivity index (χ4v) is 2.38. The van der Waals surface area contributed by atoms with Crippen LogP contribution >= 0.6 is 22.9 Å². The smallest absolute Gasteiger partial charge is 0.202 e. The topological polar surface area (TPSA) is 61.6 Å². The molecule has 0 amide bonds. The number of nitrogens with zero attached hydrogens (tertiary/aromatic N) is 3. The van der Waals surface area contributed by atoms with Crippen molar-refractivity contribution in [1.29, 1.82) is 5.26 Å². The molecule has 2 aromatic rings. The second kappa shape index (κ2) is 4.38. The van der Waals surface area contributed by atoms with Crippen LogP contribution in [0.25, 0.3) is 0 Å². The lowest BCUT2D eigenvalue weighted by Crippen LogP contribution is -1.96. The molecule has 0 aliphatic rings. The normalized spacial score (nSPS) is 9.87. The number of anilines is 1. The van der Waals surface area contributed by atoms with Crippen molar-refractivity contribution in [3.8, 4) is 6.07 Å². The molecule has 6 heteroatoms. The van der Waals surface area contributed by atoms with Crippen LogP contribution in [0.15, 0.2) is 11.4 Å². The number of rotatable bonds is 3. The molecule has 2 heterocycles. The lowest BCUT2D eigenvalue weighted by molar-refractivity contribution is 1.12. The van der Waals surface area contributed by atoms with Crippen molar-refractivity contribution in [2.24, 2.45) is 0 Å². The van der Waals surface area contributed by atoms with E-state index < -0.39 is 0 Å². The molecule has 0 spiro atoms. The van der Waals surface area contributed by atoms with Gasteiger partial charge in [0, 0.05) is 21.8 Å². The van der Waals surface area contributed by atoms with Gasteiger partial charge in [0.2, 0.25) is 5.13 Å². The van der Waals surface area contributed by atoms with Gasteiger partial charge in [0.1, 0.15) is 11.9 Å². The van der Waals surface area contributed by atoms with Gasteiger partial charge in [0.25, 0.3) is 0 Å². The highest BCUT2D eigenvalue weighted by Gasteiger charge is 2.01. The van der Waals surface area contributed by atoms with E-state index in [2.05, 4.69) is 20.7 Å². The minimum absolute atomic E-state index is 0.695. The van der Waals surface area contributed by atoms with E-state index in [0.717, 1.165) is 15.8 Å². The first-order valence-corrected chi connectivity index (χ1v) is 5.95. The molecule has 15 heavy (non-hydrogen) atoms. The van der Waals surface area contributed by atoms with Crippen LogP contribution in [0.3, 0.4) is 0 Å². The van der Waals surface area contributed by atoms with E-state index in [1.807, 2.05) is 18.4 Å². The molecule has 0 aliphatic carbocycles. The molecule has 4 nitrogen and oxygen atoms in total. The second-order valence-corrected chi connectivity index (χ2v) is 4.66. The fraction of sp³-hybridized carbons (Fsp3) is 0.222. The number of aryl methyl sites for hydroxylation is 1. The highest BCUT2D eigenvalue weighted by molar-refractivity contribution is 7.10. The Morgan fingerprint density at radius 1 is 1.60 bits per heavy atom. The van der Waals surface area contributed by atoms with Gasteiger partial charge in [-0.05, 0) is 13.0 Å². The SMILES string of the molecule is Cc1nsc(NCc2cc(C#N)cs2)n1. The molecule has 0 saturated heterocycles. The number of nitrogens with one attached hydrogen (secondary N) is 1. The first-order valence-electron chi connectivity index (χ1n) is 4.29. The number of thiophene rings is 1. The molecule has 0 bridgehead atoms. The third-order valence-corrected chi connectivity index (χ3v) is 3.43. The molecule has 1 N–H and O–H groups in total. The Morgan fingerprint density at radius 2 is 2.47 bits per heavy atom. The van der Waals surface area contributed by atoms with Gasteiger partial charge < -0.3 is 5.32 Å². The Morgan fingerprint density at radius 3 is 3.07 bits per heavy atom. The van der Waals surface area contributed by atoms with Crippen LogP contribution < -0.4 is 5.32 Å². The number of nitriles is 1. The van der Waals surface area contributed by atoms with Crippen molar-refractivity contribution < 1.29 is 0 Å². The van der Waals surface area contributed by atoms with Crippen LogP contribution in [0.1, 0.15) is 16.3 Å². The van der Waals surface area contributed by atoms with Crippen LogP contribution in [-0.4, -0.2) is 9.36 Å². The summed E-state index contributed by atoms with van der Waals surface area (Å²) in [5, 5.41) is 14.5. The van der Waals surface area contributed by atoms with E-state index >= 15 is 0 Å². The van der Waals surface area contributed by atoms with E-state index in [-0.39, 0.29) is 0 Å². The summed E-state index contributed by atoms with van der Waals surface area (Å²) < 4.78 is 4.07. The van der Waals surface area contributed by atoms with Crippen molar-refractivity contribution in [1.82, 2.24) is 9.36 Å². The molecule has 0 radical (unpaired) electrons. The van der Waals surface area contributed by atoms with E-state index in [9.17, 15) is 0 Å². The van der Waals surface area contributed by atoms with E-state index in [4.69, 9.17) is 5.26 Å². The molecule has 2 rings (SSSR count). The van der Waals surface area contributed by atoms with E-state index in [1.54, 1.807) is 11.3 Å². The summed E-state index contributed by atoms with van der Waals surface area (Å²) in [5.41, 5.74) is 0.713. The second-order valence-electron chi connectivity index (χ2n) is 2.91. The van der Waals surface area contributed by atoms with Crippen molar-refractivity contribution in [2.45, 2.75) is 13.5 Å². The Bertz CT molecular complexity index is 494. The average molecular weight is 236 g/mol. The molecular weight excluding hydrogens is 228 g/mol. The van der Waals surface area contributed by atoms with Crippen molar-refractivity contribution in [2.75, 3.05) is 5.32 Å². The molecule has 0 atom stereocenters. The maximum Gasteiger partial charge on any atom is 0.202 e. The van der Waals surface area contributed by atoms with Crippen molar-refractivity contribution in [3.05, 3.63) is 27.7 Å². The zero-order valence-corrected chi connectivity index (χ0v) is 9.65. The van der Waals surface area contributed by atoms with Crippen LogP contribution in [0.4, 0.5) is 5.13 Å². The maximum atomic E-state index is 8.66. The summed E-state index contributed by atoms with van der Waals surface area (Å²) in [5.74, 6) is 0.784. The van der Waals surface area contributed by atoms with E-state index in [0.29, 0.717) is 12.1 Å². The maximum absolute atomic E-state index is 8.66. The first kappa shape index (κ1) is 10.1. The zero-order valence-electron chi connectivity index (χ0n) is 8.02. The minimum atomic E-state index is 0.695. The predicted octanol–water partition coefficient (Wildman–Crippen LogP) is 2.39. The van der Waals surface area contributed by atoms with Gasteiger partial charge >= 0.3 is 0 Å². The van der Waals surface area contributed by atoms with E-state index in [1.165, 1.54) is 11.5 Å². The largest absolute Gasteiger partial charge is 0.355 e. The average Bonchev–Trinajstić information content (AvgIpc) is 2.83. The molecule has 2 aromatic heterocycles. The molecule has 0 saturated carbocycles. The summed E-state index contributed by atoms with van der Waals surface area (Å²) >= 11 is 2.92. The standard InChI is InChI=1S/C9H8N4S2/c1-6-12-9(15-13-6)11-4-8-2-7(3-10)5-14-8/h2,5H,4H2,1H3,(H,11,12,13). The molecule has 0 fully saturated rings. The molecule has 0 unspecified atom stereocenters. The van der Waals surface area contributed by atoms with Gasteiger partial charge in [-0.3, -0.25) is 0 Å². The molecule has 76 valence electrons. The zero-order chi connectivity index (χ0) is 10.7. The molecular formula is C9H8N4S2. The first-order chi connectivity index (χ1) is 7.28. The Balaban J connectivity index is 1.96.